The van der Waals surface area contributed by atoms with Gasteiger partial charge in [-0.3, -0.25) is 0 Å². The molecule has 10 heteroatoms. The SMILES string of the molecule is CCNC(=NCc1ccsc1)NCCS(=O)(=O)N1CCOCC1.I. The lowest BCUT2D eigenvalue weighted by molar-refractivity contribution is 0.0730. The summed E-state index contributed by atoms with van der Waals surface area (Å²) < 4.78 is 31.2. The standard InChI is InChI=1S/C14H24N4O3S2.HI/c1-2-15-14(17-11-13-3-9-22-12-13)16-4-10-23(19,20)18-5-7-21-8-6-18;/h3,9,12H,2,4-8,10-11H2,1H3,(H2,15,16,17);1H. The van der Waals surface area contributed by atoms with Gasteiger partial charge in [-0.2, -0.15) is 15.6 Å². The zero-order valence-electron chi connectivity index (χ0n) is 13.7. The predicted molar refractivity (Wildman–Crippen MR) is 109 cm³/mol. The molecule has 7 nitrogen and oxygen atoms in total. The molecule has 0 radical (unpaired) electrons. The first-order valence-corrected chi connectivity index (χ1v) is 10.3. The molecule has 1 aliphatic rings. The molecule has 1 aromatic rings. The summed E-state index contributed by atoms with van der Waals surface area (Å²) in [6, 6.07) is 2.03. The molecule has 2 rings (SSSR count). The van der Waals surface area contributed by atoms with Gasteiger partial charge in [-0.1, -0.05) is 0 Å². The second-order valence-corrected chi connectivity index (χ2v) is 7.95. The minimum atomic E-state index is -3.24. The van der Waals surface area contributed by atoms with E-state index < -0.39 is 10.0 Å². The van der Waals surface area contributed by atoms with E-state index in [9.17, 15) is 8.42 Å². The van der Waals surface area contributed by atoms with Crippen LogP contribution in [-0.2, 0) is 21.3 Å². The molecule has 138 valence electrons. The Hall–Kier alpha value is -0.430. The molecule has 2 heterocycles. The van der Waals surface area contributed by atoms with Crippen LogP contribution in [0.2, 0.25) is 0 Å². The summed E-state index contributed by atoms with van der Waals surface area (Å²) >= 11 is 1.64. The normalized spacial score (nSPS) is 16.5. The van der Waals surface area contributed by atoms with Gasteiger partial charge in [-0.25, -0.2) is 13.4 Å². The average Bonchev–Trinajstić information content (AvgIpc) is 3.07. The molecule has 1 aromatic heterocycles. The number of hydrogen-bond donors (Lipinski definition) is 2. The van der Waals surface area contributed by atoms with E-state index in [4.69, 9.17) is 4.74 Å². The van der Waals surface area contributed by atoms with Crippen molar-refractivity contribution >= 4 is 51.3 Å². The van der Waals surface area contributed by atoms with Gasteiger partial charge < -0.3 is 15.4 Å². The molecule has 0 unspecified atom stereocenters. The quantitative estimate of drug-likeness (QED) is 0.341. The highest BCUT2D eigenvalue weighted by Crippen LogP contribution is 2.07. The van der Waals surface area contributed by atoms with E-state index in [-0.39, 0.29) is 29.7 Å². The third kappa shape index (κ3) is 7.21. The van der Waals surface area contributed by atoms with E-state index >= 15 is 0 Å². The average molecular weight is 488 g/mol. The van der Waals surface area contributed by atoms with E-state index in [2.05, 4.69) is 21.0 Å². The Balaban J connectivity index is 0.00000288. The van der Waals surface area contributed by atoms with Gasteiger partial charge in [-0.05, 0) is 29.3 Å². The molecule has 1 fully saturated rings. The number of thiophene rings is 1. The first-order valence-electron chi connectivity index (χ1n) is 7.70. The maximum atomic E-state index is 12.2. The molecule has 0 spiro atoms. The number of morpholine rings is 1. The number of ether oxygens (including phenoxy) is 1. The van der Waals surface area contributed by atoms with Crippen molar-refractivity contribution in [3.05, 3.63) is 22.4 Å². The third-order valence-corrected chi connectivity index (χ3v) is 5.96. The van der Waals surface area contributed by atoms with E-state index in [0.29, 0.717) is 45.4 Å². The van der Waals surface area contributed by atoms with Crippen molar-refractivity contribution in [3.63, 3.8) is 0 Å². The van der Waals surface area contributed by atoms with Crippen molar-refractivity contribution < 1.29 is 13.2 Å². The van der Waals surface area contributed by atoms with E-state index in [0.717, 1.165) is 12.1 Å². The van der Waals surface area contributed by atoms with Crippen LogP contribution in [0.25, 0.3) is 0 Å². The monoisotopic (exact) mass is 488 g/mol. The fourth-order valence-corrected chi connectivity index (χ4v) is 4.13. The number of sulfonamides is 1. The summed E-state index contributed by atoms with van der Waals surface area (Å²) in [4.78, 5) is 4.46. The highest BCUT2D eigenvalue weighted by Gasteiger charge is 2.23. The van der Waals surface area contributed by atoms with Crippen molar-refractivity contribution in [2.24, 2.45) is 4.99 Å². The Kier molecular flexibility index (Phi) is 10.1. The van der Waals surface area contributed by atoms with Gasteiger partial charge in [0.15, 0.2) is 5.96 Å². The number of aliphatic imine (C=N–C) groups is 1. The number of hydrogen-bond acceptors (Lipinski definition) is 5. The van der Waals surface area contributed by atoms with Crippen molar-refractivity contribution in [1.29, 1.82) is 0 Å². The number of guanidine groups is 1. The summed E-state index contributed by atoms with van der Waals surface area (Å²) in [5, 5.41) is 10.3. The molecule has 0 bridgehead atoms. The van der Waals surface area contributed by atoms with Crippen LogP contribution in [0, 0.1) is 0 Å². The molecule has 1 aliphatic heterocycles. The highest BCUT2D eigenvalue weighted by atomic mass is 127. The Bertz CT molecular complexity index is 587. The Labute approximate surface area is 164 Å². The summed E-state index contributed by atoms with van der Waals surface area (Å²) in [5.41, 5.74) is 1.15. The molecule has 2 N–H and O–H groups in total. The van der Waals surface area contributed by atoms with E-state index in [1.54, 1.807) is 11.3 Å². The molecule has 24 heavy (non-hydrogen) atoms. The minimum Gasteiger partial charge on any atom is -0.379 e. The predicted octanol–water partition coefficient (Wildman–Crippen LogP) is 1.08. The zero-order chi connectivity index (χ0) is 16.5. The van der Waals surface area contributed by atoms with Crippen molar-refractivity contribution in [2.75, 3.05) is 45.1 Å². The summed E-state index contributed by atoms with van der Waals surface area (Å²) in [7, 11) is -3.24. The van der Waals surface area contributed by atoms with E-state index in [1.807, 2.05) is 18.4 Å². The molecule has 0 saturated carbocycles. The van der Waals surface area contributed by atoms with Crippen molar-refractivity contribution in [1.82, 2.24) is 14.9 Å². The van der Waals surface area contributed by atoms with Gasteiger partial charge >= 0.3 is 0 Å². The Morgan fingerprint density at radius 2 is 2.12 bits per heavy atom. The maximum absolute atomic E-state index is 12.2. The second kappa shape index (κ2) is 11.2. The van der Waals surface area contributed by atoms with Crippen molar-refractivity contribution in [3.8, 4) is 0 Å². The maximum Gasteiger partial charge on any atom is 0.215 e. The lowest BCUT2D eigenvalue weighted by atomic mass is 10.3. The topological polar surface area (TPSA) is 83.0 Å². The van der Waals surface area contributed by atoms with Crippen LogP contribution in [0.5, 0.6) is 0 Å². The first-order chi connectivity index (χ1) is 11.1. The van der Waals surface area contributed by atoms with Gasteiger partial charge in [0, 0.05) is 26.2 Å². The summed E-state index contributed by atoms with van der Waals surface area (Å²) in [6.45, 7) is 5.43. The lowest BCUT2D eigenvalue weighted by Gasteiger charge is -2.26. The molecule has 0 amide bonds. The molecule has 0 aromatic carbocycles. The van der Waals surface area contributed by atoms with Gasteiger partial charge in [0.25, 0.3) is 0 Å². The second-order valence-electron chi connectivity index (χ2n) is 5.08. The summed E-state index contributed by atoms with van der Waals surface area (Å²) in [5.74, 6) is 0.687. The number of rotatable bonds is 7. The molecule has 1 saturated heterocycles. The molecule has 0 aliphatic carbocycles. The van der Waals surface area contributed by atoms with Crippen LogP contribution in [0.15, 0.2) is 21.8 Å². The number of halogens is 1. The van der Waals surface area contributed by atoms with Crippen LogP contribution in [-0.4, -0.2) is 63.8 Å². The van der Waals surface area contributed by atoms with Crippen LogP contribution in [0.3, 0.4) is 0 Å². The Morgan fingerprint density at radius 3 is 2.75 bits per heavy atom. The minimum absolute atomic E-state index is 0. The third-order valence-electron chi connectivity index (χ3n) is 3.36. The van der Waals surface area contributed by atoms with Crippen LogP contribution in [0.4, 0.5) is 0 Å². The van der Waals surface area contributed by atoms with Gasteiger partial charge in [0.05, 0.1) is 25.5 Å². The highest BCUT2D eigenvalue weighted by molar-refractivity contribution is 14.0. The number of nitrogens with zero attached hydrogens (tertiary/aromatic N) is 2. The number of nitrogens with one attached hydrogen (secondary N) is 2. The zero-order valence-corrected chi connectivity index (χ0v) is 17.7. The van der Waals surface area contributed by atoms with Crippen LogP contribution in [0.1, 0.15) is 12.5 Å². The first kappa shape index (κ1) is 21.6. The fourth-order valence-electron chi connectivity index (χ4n) is 2.15. The molecule has 0 atom stereocenters. The van der Waals surface area contributed by atoms with Crippen molar-refractivity contribution in [2.45, 2.75) is 13.5 Å². The van der Waals surface area contributed by atoms with Crippen LogP contribution < -0.4 is 10.6 Å². The lowest BCUT2D eigenvalue weighted by Crippen LogP contribution is -2.45. The van der Waals surface area contributed by atoms with Crippen LogP contribution >= 0.6 is 35.3 Å². The molecular formula is C14H25IN4O3S2. The van der Waals surface area contributed by atoms with Gasteiger partial charge in [0.1, 0.15) is 0 Å². The van der Waals surface area contributed by atoms with E-state index in [1.165, 1.54) is 4.31 Å². The van der Waals surface area contributed by atoms with Gasteiger partial charge in [0.2, 0.25) is 10.0 Å². The Morgan fingerprint density at radius 1 is 1.38 bits per heavy atom. The van der Waals surface area contributed by atoms with Gasteiger partial charge in [-0.15, -0.1) is 24.0 Å². The largest absolute Gasteiger partial charge is 0.379 e. The smallest absolute Gasteiger partial charge is 0.215 e. The fraction of sp³-hybridized carbons (Fsp3) is 0.643. The molecular weight excluding hydrogens is 463 g/mol. The summed E-state index contributed by atoms with van der Waals surface area (Å²) in [6.07, 6.45) is 0.